The lowest BCUT2D eigenvalue weighted by Crippen LogP contribution is -2.17. The normalized spacial score (nSPS) is 11.7. The van der Waals surface area contributed by atoms with Gasteiger partial charge in [0.2, 0.25) is 0 Å². The van der Waals surface area contributed by atoms with E-state index in [1.165, 1.54) is 22.9 Å². The van der Waals surface area contributed by atoms with Crippen LogP contribution in [0, 0.1) is 0 Å². The van der Waals surface area contributed by atoms with Crippen LogP contribution in [0.2, 0.25) is 0 Å². The molecule has 0 spiro atoms. The van der Waals surface area contributed by atoms with Crippen LogP contribution in [0.15, 0.2) is 28.7 Å². The molecule has 0 aliphatic heterocycles. The van der Waals surface area contributed by atoms with Crippen molar-refractivity contribution in [1.82, 2.24) is 0 Å². The van der Waals surface area contributed by atoms with Gasteiger partial charge in [-0.3, -0.25) is 0 Å². The first kappa shape index (κ1) is 10.8. The second-order valence-electron chi connectivity index (χ2n) is 4.11. The third-order valence-electron chi connectivity index (χ3n) is 2.48. The fourth-order valence-electron chi connectivity index (χ4n) is 1.77. The summed E-state index contributed by atoms with van der Waals surface area (Å²) in [5.41, 5.74) is 1.70. The van der Waals surface area contributed by atoms with E-state index in [0.717, 1.165) is 0 Å². The van der Waals surface area contributed by atoms with Gasteiger partial charge in [0.1, 0.15) is 0 Å². The van der Waals surface area contributed by atoms with Crippen molar-refractivity contribution in [3.05, 3.63) is 34.3 Å². The third-order valence-corrected chi connectivity index (χ3v) is 3.17. The van der Waals surface area contributed by atoms with Gasteiger partial charge in [-0.25, -0.2) is 0 Å². The van der Waals surface area contributed by atoms with Crippen LogP contribution >= 0.6 is 15.9 Å². The second-order valence-corrected chi connectivity index (χ2v) is 4.97. The molecule has 0 aliphatic carbocycles. The van der Waals surface area contributed by atoms with Gasteiger partial charge in [-0.15, -0.1) is 0 Å². The summed E-state index contributed by atoms with van der Waals surface area (Å²) in [5, 5.41) is 0. The molecular formula is C12H17Br. The summed E-state index contributed by atoms with van der Waals surface area (Å²) in [4.78, 5) is 0. The first-order valence-electron chi connectivity index (χ1n) is 4.83. The van der Waals surface area contributed by atoms with E-state index in [9.17, 15) is 0 Å². The Hall–Kier alpha value is -0.300. The molecule has 0 atom stereocenters. The highest BCUT2D eigenvalue weighted by molar-refractivity contribution is 9.10. The Morgan fingerprint density at radius 2 is 1.85 bits per heavy atom. The largest absolute Gasteiger partial charge is 0.0654 e. The molecule has 0 N–H and O–H groups in total. The van der Waals surface area contributed by atoms with Gasteiger partial charge in [-0.2, -0.15) is 0 Å². The van der Waals surface area contributed by atoms with Crippen LogP contribution in [0.25, 0.3) is 0 Å². The highest BCUT2D eigenvalue weighted by Crippen LogP contribution is 2.33. The second kappa shape index (κ2) is 4.28. The summed E-state index contributed by atoms with van der Waals surface area (Å²) >= 11 is 3.60. The van der Waals surface area contributed by atoms with Crippen LogP contribution < -0.4 is 0 Å². The number of halogens is 1. The van der Waals surface area contributed by atoms with Crippen LogP contribution in [0.3, 0.4) is 0 Å². The molecule has 0 unspecified atom stereocenters. The van der Waals surface area contributed by atoms with Crippen molar-refractivity contribution in [2.45, 2.75) is 39.0 Å². The standard InChI is InChI=1S/C12H17Br/c1-4-9-12(2,3)10-7-5-6-8-11(10)13/h5-8H,4,9H2,1-3H3. The number of hydrogen-bond acceptors (Lipinski definition) is 0. The van der Waals surface area contributed by atoms with Gasteiger partial charge in [0.15, 0.2) is 0 Å². The number of rotatable bonds is 3. The molecule has 0 saturated carbocycles. The average molecular weight is 241 g/mol. The lowest BCUT2D eigenvalue weighted by molar-refractivity contribution is 0.471. The Kier molecular flexibility index (Phi) is 3.55. The summed E-state index contributed by atoms with van der Waals surface area (Å²) in [6.45, 7) is 6.84. The van der Waals surface area contributed by atoms with Crippen molar-refractivity contribution in [2.24, 2.45) is 0 Å². The van der Waals surface area contributed by atoms with Crippen LogP contribution in [0.5, 0.6) is 0 Å². The molecule has 0 saturated heterocycles. The average Bonchev–Trinajstić information content (AvgIpc) is 2.04. The molecule has 0 aromatic heterocycles. The molecule has 72 valence electrons. The minimum absolute atomic E-state index is 0.287. The molecule has 1 heteroatoms. The Bertz CT molecular complexity index is 276. The molecule has 1 rings (SSSR count). The van der Waals surface area contributed by atoms with Crippen molar-refractivity contribution in [1.29, 1.82) is 0 Å². The highest BCUT2D eigenvalue weighted by atomic mass is 79.9. The van der Waals surface area contributed by atoms with Crippen molar-refractivity contribution >= 4 is 15.9 Å². The summed E-state index contributed by atoms with van der Waals surface area (Å²) < 4.78 is 1.23. The lowest BCUT2D eigenvalue weighted by atomic mass is 9.81. The van der Waals surface area contributed by atoms with Crippen LogP contribution in [0.1, 0.15) is 39.2 Å². The van der Waals surface area contributed by atoms with Crippen molar-refractivity contribution in [2.75, 3.05) is 0 Å². The zero-order valence-electron chi connectivity index (χ0n) is 8.60. The van der Waals surface area contributed by atoms with Crippen molar-refractivity contribution in [3.63, 3.8) is 0 Å². The van der Waals surface area contributed by atoms with Crippen molar-refractivity contribution in [3.8, 4) is 0 Å². The third kappa shape index (κ3) is 2.57. The molecule has 1 aromatic rings. The van der Waals surface area contributed by atoms with Crippen LogP contribution in [-0.2, 0) is 5.41 Å². The molecule has 0 fully saturated rings. The Morgan fingerprint density at radius 1 is 1.23 bits per heavy atom. The van der Waals surface area contributed by atoms with E-state index in [1.807, 2.05) is 0 Å². The molecule has 0 radical (unpaired) electrons. The van der Waals surface area contributed by atoms with E-state index >= 15 is 0 Å². The quantitative estimate of drug-likeness (QED) is 0.729. The molecule has 0 bridgehead atoms. The predicted molar refractivity (Wildman–Crippen MR) is 62.1 cm³/mol. The SMILES string of the molecule is CCCC(C)(C)c1ccccc1Br. The predicted octanol–water partition coefficient (Wildman–Crippen LogP) is 4.53. The maximum atomic E-state index is 3.60. The van der Waals surface area contributed by atoms with Gasteiger partial charge in [-0.1, -0.05) is 61.3 Å². The molecule has 0 amide bonds. The summed E-state index contributed by atoms with van der Waals surface area (Å²) in [6.07, 6.45) is 2.46. The van der Waals surface area contributed by atoms with Crippen LogP contribution in [-0.4, -0.2) is 0 Å². The van der Waals surface area contributed by atoms with Gasteiger partial charge in [0.05, 0.1) is 0 Å². The minimum Gasteiger partial charge on any atom is -0.0654 e. The van der Waals surface area contributed by atoms with E-state index in [4.69, 9.17) is 0 Å². The molecule has 0 heterocycles. The summed E-state index contributed by atoms with van der Waals surface area (Å²) in [7, 11) is 0. The maximum Gasteiger partial charge on any atom is 0.0212 e. The van der Waals surface area contributed by atoms with Gasteiger partial charge in [-0.05, 0) is 23.5 Å². The molecule has 0 nitrogen and oxygen atoms in total. The zero-order chi connectivity index (χ0) is 9.90. The Morgan fingerprint density at radius 3 is 2.38 bits per heavy atom. The molecule has 0 aliphatic rings. The lowest BCUT2D eigenvalue weighted by Gasteiger charge is -2.25. The summed E-state index contributed by atoms with van der Waals surface area (Å²) in [5.74, 6) is 0. The van der Waals surface area contributed by atoms with Gasteiger partial charge < -0.3 is 0 Å². The Labute approximate surface area is 89.5 Å². The fourth-order valence-corrected chi connectivity index (χ4v) is 2.59. The zero-order valence-corrected chi connectivity index (χ0v) is 10.2. The first-order valence-corrected chi connectivity index (χ1v) is 5.62. The first-order chi connectivity index (χ1) is 6.08. The monoisotopic (exact) mass is 240 g/mol. The topological polar surface area (TPSA) is 0 Å². The molecule has 13 heavy (non-hydrogen) atoms. The molecular weight excluding hydrogens is 224 g/mol. The molecule has 1 aromatic carbocycles. The fraction of sp³-hybridized carbons (Fsp3) is 0.500. The van der Waals surface area contributed by atoms with Gasteiger partial charge >= 0.3 is 0 Å². The maximum absolute atomic E-state index is 3.60. The van der Waals surface area contributed by atoms with Crippen molar-refractivity contribution < 1.29 is 0 Å². The van der Waals surface area contributed by atoms with E-state index < -0.39 is 0 Å². The van der Waals surface area contributed by atoms with E-state index in [2.05, 4.69) is 61.0 Å². The van der Waals surface area contributed by atoms with Gasteiger partial charge in [0.25, 0.3) is 0 Å². The smallest absolute Gasteiger partial charge is 0.0212 e. The van der Waals surface area contributed by atoms with E-state index in [0.29, 0.717) is 0 Å². The highest BCUT2D eigenvalue weighted by Gasteiger charge is 2.21. The summed E-state index contributed by atoms with van der Waals surface area (Å²) in [6, 6.07) is 8.50. The van der Waals surface area contributed by atoms with Gasteiger partial charge in [0, 0.05) is 4.47 Å². The van der Waals surface area contributed by atoms with E-state index in [-0.39, 0.29) is 5.41 Å². The van der Waals surface area contributed by atoms with E-state index in [1.54, 1.807) is 0 Å². The Balaban J connectivity index is 2.99. The number of hydrogen-bond donors (Lipinski definition) is 0. The van der Waals surface area contributed by atoms with Crippen LogP contribution in [0.4, 0.5) is 0 Å². The number of benzene rings is 1. The minimum atomic E-state index is 0.287.